The predicted molar refractivity (Wildman–Crippen MR) is 636 cm³/mol. The molecule has 0 N–H and O–H groups in total. The summed E-state index contributed by atoms with van der Waals surface area (Å²) < 4.78 is 0. The number of fused-ring (bicyclic) bond motifs is 6. The fraction of sp³-hybridized carbons (Fsp3) is 0.458. The van der Waals surface area contributed by atoms with Crippen molar-refractivity contribution in [2.75, 3.05) is 0 Å². The molecule has 0 fully saturated rings. The molecule has 0 heterocycles. The minimum atomic E-state index is 1.13. The first-order chi connectivity index (χ1) is 71.6. The van der Waals surface area contributed by atoms with E-state index in [1.807, 2.05) is 0 Å². The Kier molecular flexibility index (Phi) is 38.8. The average molecular weight is 1900 g/mol. The standard InChI is InChI=1S/C144H174/c1(7-19-31-49-73-109-79-61-43-62-80-109)13-25-37-55-91-115-97-121-123-99-116(92-56-38-26-14-2-8-20-32-50-74-110-81-63-44-64-82-110)101-125-127-103-118(94-58-40-28-16-4-10-22-34-52-76-112-85-67-46-68-86-112)105-129-131-107-120(96-60-42-30-18-6-12-24-36-54-78-114-89-71-48-72-90-114)108-132-130-106-119(95-59-41-29-17-5-11-23-35-53-77-113-87-69-47-70-88-113)104-128-126-102-117(93-57-39-27-15-3-9-21-33-51-75-111-83-65-45-66-84-111)100-124-122(98-115)133(121)139-140(134(123)125)142(136(127)129)144(138(131)132)143(137(128)130)141(139)135(124)126/h43-48,61-72,79-90,97-108H,1-42,49-60,73-78,91-96H2. The quantitative estimate of drug-likeness (QED) is 0.0202. The first-order valence-electron chi connectivity index (χ1n) is 60.1. The smallest absolute Gasteiger partial charge is 0.0000472 e. The summed E-state index contributed by atoms with van der Waals surface area (Å²) in [6.45, 7) is 0. The highest BCUT2D eigenvalue weighted by Gasteiger charge is 2.34. The molecule has 0 aliphatic carbocycles. The summed E-state index contributed by atoms with van der Waals surface area (Å²) in [7, 11) is 0. The molecule has 0 atom stereocenters. The zero-order valence-electron chi connectivity index (χ0n) is 88.9. The maximum atomic E-state index is 2.83. The number of aryl methyl sites for hydroxylation is 12. The maximum Gasteiger partial charge on any atom is -0.0000472 e. The fourth-order valence-electron chi connectivity index (χ4n) is 26.7. The van der Waals surface area contributed by atoms with Crippen molar-refractivity contribution in [1.29, 1.82) is 0 Å². The Bertz CT molecular complexity index is 5640. The highest BCUT2D eigenvalue weighted by atomic mass is 14.4. The highest BCUT2D eigenvalue weighted by molar-refractivity contribution is 6.61. The lowest BCUT2D eigenvalue weighted by molar-refractivity contribution is 0.558. The van der Waals surface area contributed by atoms with Crippen LogP contribution in [0.1, 0.15) is 413 Å². The molecule has 19 rings (SSSR count). The molecule has 0 nitrogen and oxygen atoms in total. The van der Waals surface area contributed by atoms with Gasteiger partial charge in [0.05, 0.1) is 0 Å². The van der Waals surface area contributed by atoms with Gasteiger partial charge in [0.15, 0.2) is 0 Å². The number of hydrogen-bond acceptors (Lipinski definition) is 0. The number of hydrogen-bond donors (Lipinski definition) is 0. The van der Waals surface area contributed by atoms with Crippen LogP contribution in [0.3, 0.4) is 0 Å². The van der Waals surface area contributed by atoms with Gasteiger partial charge in [0, 0.05) is 0 Å². The molecule has 0 bridgehead atoms. The van der Waals surface area contributed by atoms with Gasteiger partial charge in [-0.15, -0.1) is 0 Å². The van der Waals surface area contributed by atoms with E-state index in [1.54, 1.807) is 163 Å². The Labute approximate surface area is 868 Å². The summed E-state index contributed by atoms with van der Waals surface area (Å²) in [5, 5.41) is 37.4. The van der Waals surface area contributed by atoms with Crippen LogP contribution in [0.2, 0.25) is 0 Å². The minimum absolute atomic E-state index is 1.13. The molecule has 144 heavy (non-hydrogen) atoms. The average Bonchev–Trinajstić information content (AvgIpc) is 0.640. The van der Waals surface area contributed by atoms with Crippen LogP contribution in [0.5, 0.6) is 0 Å². The second-order valence-corrected chi connectivity index (χ2v) is 45.7. The molecule has 0 heteroatoms. The van der Waals surface area contributed by atoms with Gasteiger partial charge in [0.25, 0.3) is 0 Å². The van der Waals surface area contributed by atoms with E-state index in [0.717, 1.165) is 38.5 Å². The van der Waals surface area contributed by atoms with Crippen LogP contribution in [-0.2, 0) is 77.0 Å². The van der Waals surface area contributed by atoms with Crippen LogP contribution in [0.4, 0.5) is 0 Å². The van der Waals surface area contributed by atoms with Crippen molar-refractivity contribution in [2.24, 2.45) is 0 Å². The lowest BCUT2D eigenvalue weighted by Crippen LogP contribution is -2.03. The summed E-state index contributed by atoms with van der Waals surface area (Å²) in [6.07, 6.45) is 86.2. The van der Waals surface area contributed by atoms with Gasteiger partial charge in [0.1, 0.15) is 0 Å². The monoisotopic (exact) mass is 1900 g/mol. The van der Waals surface area contributed by atoms with Crippen molar-refractivity contribution in [1.82, 2.24) is 0 Å². The molecular formula is C144H174. The molecule has 0 spiro atoms. The molecule has 750 valence electrons. The van der Waals surface area contributed by atoms with Crippen LogP contribution in [0.15, 0.2) is 255 Å². The summed E-state index contributed by atoms with van der Waals surface area (Å²) in [5.74, 6) is 0. The van der Waals surface area contributed by atoms with E-state index < -0.39 is 0 Å². The third-order valence-electron chi connectivity index (χ3n) is 34.6. The molecule has 0 aliphatic rings. The van der Waals surface area contributed by atoms with Crippen LogP contribution in [0, 0.1) is 0 Å². The topological polar surface area (TPSA) is 0 Å². The molecule has 0 radical (unpaired) electrons. The van der Waals surface area contributed by atoms with Crippen molar-refractivity contribution in [3.8, 4) is 0 Å². The highest BCUT2D eigenvalue weighted by Crippen LogP contribution is 2.62. The van der Waals surface area contributed by atoms with Gasteiger partial charge in [-0.25, -0.2) is 0 Å². The Morgan fingerprint density at radius 1 is 0.0764 bits per heavy atom. The largest absolute Gasteiger partial charge is 0.0622 e. The predicted octanol–water partition coefficient (Wildman–Crippen LogP) is 43.9. The summed E-state index contributed by atoms with van der Waals surface area (Å²) in [5.41, 5.74) is 18.3. The lowest BCUT2D eigenvalue weighted by Gasteiger charge is -2.30. The number of rotatable bonds is 72. The minimum Gasteiger partial charge on any atom is -0.0622 e. The van der Waals surface area contributed by atoms with Gasteiger partial charge in [-0.05, 0) is 350 Å². The van der Waals surface area contributed by atoms with Crippen LogP contribution in [0.25, 0.3) is 129 Å². The summed E-state index contributed by atoms with van der Waals surface area (Å²) in [6, 6.07) is 101. The van der Waals surface area contributed by atoms with Crippen molar-refractivity contribution < 1.29 is 0 Å². The van der Waals surface area contributed by atoms with Gasteiger partial charge >= 0.3 is 0 Å². The van der Waals surface area contributed by atoms with Gasteiger partial charge in [-0.3, -0.25) is 0 Å². The van der Waals surface area contributed by atoms with Gasteiger partial charge in [-0.1, -0.05) is 524 Å². The molecule has 19 aromatic carbocycles. The van der Waals surface area contributed by atoms with Gasteiger partial charge < -0.3 is 0 Å². The zero-order chi connectivity index (χ0) is 97.2. The zero-order valence-corrected chi connectivity index (χ0v) is 88.9. The van der Waals surface area contributed by atoms with Gasteiger partial charge in [0.2, 0.25) is 0 Å². The maximum absolute atomic E-state index is 2.83. The third-order valence-corrected chi connectivity index (χ3v) is 34.6. The van der Waals surface area contributed by atoms with E-state index >= 15 is 0 Å². The van der Waals surface area contributed by atoms with E-state index in [1.165, 1.54) is 419 Å². The van der Waals surface area contributed by atoms with E-state index in [0.29, 0.717) is 0 Å². The molecular weight excluding hydrogens is 1730 g/mol. The van der Waals surface area contributed by atoms with Crippen molar-refractivity contribution in [3.63, 3.8) is 0 Å². The normalized spacial score (nSPS) is 12.3. The second-order valence-electron chi connectivity index (χ2n) is 45.7. The Balaban J connectivity index is 0.695. The van der Waals surface area contributed by atoms with Crippen molar-refractivity contribution in [3.05, 3.63) is 322 Å². The van der Waals surface area contributed by atoms with Gasteiger partial charge in [-0.2, -0.15) is 0 Å². The Hall–Kier alpha value is -10.1. The van der Waals surface area contributed by atoms with E-state index in [9.17, 15) is 0 Å². The fourth-order valence-corrected chi connectivity index (χ4v) is 26.7. The first kappa shape index (κ1) is 102. The molecule has 0 saturated carbocycles. The first-order valence-corrected chi connectivity index (χ1v) is 60.1. The SMILES string of the molecule is c1ccc(CCCCCCCCCCCc2cc3c4cc(CCCCCCCCCCCc5ccccc5)cc5c6cc(CCCCCCCCCCCc7ccccc7)cc7c8cc(CCCCCCCCCCCc9ccccc9)cc9c%10cc(CCCCCCCCCCCc%11ccccc%11)cc%11c%12cc(CCCCCCCCCCCc%13ccccc%13)cc%13c(c2)c3c2c(c45)c(c67)c(c89)c(c%11%10)c2c%13%12)cc1. The van der Waals surface area contributed by atoms with Crippen LogP contribution >= 0.6 is 0 Å². The third kappa shape index (κ3) is 26.9. The Morgan fingerprint density at radius 2 is 0.160 bits per heavy atom. The molecule has 0 aliphatic heterocycles. The Morgan fingerprint density at radius 3 is 0.257 bits per heavy atom. The molecule has 0 unspecified atom stereocenters. The summed E-state index contributed by atoms with van der Waals surface area (Å²) >= 11 is 0. The molecule has 0 saturated heterocycles. The van der Waals surface area contributed by atoms with E-state index in [-0.39, 0.29) is 0 Å². The van der Waals surface area contributed by atoms with Crippen LogP contribution in [-0.4, -0.2) is 0 Å². The lowest BCUT2D eigenvalue weighted by atomic mass is 9.72. The van der Waals surface area contributed by atoms with E-state index in [4.69, 9.17) is 0 Å². The van der Waals surface area contributed by atoms with E-state index in [2.05, 4.69) is 255 Å². The summed E-state index contributed by atoms with van der Waals surface area (Å²) in [4.78, 5) is 0. The second kappa shape index (κ2) is 54.5. The molecule has 19 aromatic rings. The molecule has 0 aromatic heterocycles. The van der Waals surface area contributed by atoms with Crippen molar-refractivity contribution in [2.45, 2.75) is 424 Å². The molecule has 0 amide bonds. The number of benzene rings is 19. The number of unbranched alkanes of at least 4 members (excludes halogenated alkanes) is 48. The van der Waals surface area contributed by atoms with Crippen LogP contribution < -0.4 is 0 Å². The van der Waals surface area contributed by atoms with Crippen molar-refractivity contribution >= 4 is 129 Å².